The Morgan fingerprint density at radius 3 is 2.25 bits per heavy atom. The molecule has 5 nitrogen and oxygen atoms in total. The Kier molecular flexibility index (Phi) is 9.70. The second-order valence-electron chi connectivity index (χ2n) is 3.74. The standard InChI is InChI=1S/C11H21NO4/c13-9-4-2-1-3-8-12-10(14)6-5-7-11(15)16/h13H,1-9H2,(H,12,14)(H,15,16). The molecule has 0 aliphatic rings. The lowest BCUT2D eigenvalue weighted by molar-refractivity contribution is -0.137. The molecule has 3 N–H and O–H groups in total. The van der Waals surface area contributed by atoms with Gasteiger partial charge in [0.1, 0.15) is 0 Å². The number of unbranched alkanes of at least 4 members (excludes halogenated alkanes) is 3. The zero-order valence-electron chi connectivity index (χ0n) is 9.57. The largest absolute Gasteiger partial charge is 0.481 e. The molecular formula is C11H21NO4. The third kappa shape index (κ3) is 11.0. The van der Waals surface area contributed by atoms with Crippen molar-refractivity contribution in [3.05, 3.63) is 0 Å². The Hall–Kier alpha value is -1.10. The van der Waals surface area contributed by atoms with Gasteiger partial charge < -0.3 is 15.5 Å². The molecule has 0 saturated heterocycles. The van der Waals surface area contributed by atoms with E-state index in [2.05, 4.69) is 5.32 Å². The lowest BCUT2D eigenvalue weighted by Gasteiger charge is -2.04. The first-order valence-electron chi connectivity index (χ1n) is 5.76. The van der Waals surface area contributed by atoms with Crippen LogP contribution in [0.25, 0.3) is 0 Å². The van der Waals surface area contributed by atoms with Crippen LogP contribution < -0.4 is 5.32 Å². The lowest BCUT2D eigenvalue weighted by atomic mass is 10.2. The van der Waals surface area contributed by atoms with Crippen molar-refractivity contribution in [3.63, 3.8) is 0 Å². The van der Waals surface area contributed by atoms with Gasteiger partial charge >= 0.3 is 5.97 Å². The van der Waals surface area contributed by atoms with E-state index in [1.54, 1.807) is 0 Å². The third-order valence-electron chi connectivity index (χ3n) is 2.20. The predicted octanol–water partition coefficient (Wildman–Crippen LogP) is 0.910. The average molecular weight is 231 g/mol. The van der Waals surface area contributed by atoms with E-state index in [9.17, 15) is 9.59 Å². The van der Waals surface area contributed by atoms with Crippen molar-refractivity contribution in [2.45, 2.75) is 44.9 Å². The summed E-state index contributed by atoms with van der Waals surface area (Å²) < 4.78 is 0. The molecule has 0 aromatic heterocycles. The van der Waals surface area contributed by atoms with E-state index in [-0.39, 0.29) is 25.4 Å². The van der Waals surface area contributed by atoms with Crippen LogP contribution in [0.15, 0.2) is 0 Å². The van der Waals surface area contributed by atoms with Crippen LogP contribution >= 0.6 is 0 Å². The van der Waals surface area contributed by atoms with Gasteiger partial charge in [0.25, 0.3) is 0 Å². The highest BCUT2D eigenvalue weighted by Crippen LogP contribution is 1.98. The van der Waals surface area contributed by atoms with Gasteiger partial charge in [0, 0.05) is 26.0 Å². The number of carboxylic acids is 1. The molecule has 0 rings (SSSR count). The number of aliphatic carboxylic acids is 1. The first-order chi connectivity index (χ1) is 7.66. The summed E-state index contributed by atoms with van der Waals surface area (Å²) in [5.74, 6) is -0.944. The molecule has 0 aromatic carbocycles. The fourth-order valence-corrected chi connectivity index (χ4v) is 1.31. The maximum absolute atomic E-state index is 11.2. The molecule has 0 aliphatic carbocycles. The summed E-state index contributed by atoms with van der Waals surface area (Å²) >= 11 is 0. The second-order valence-corrected chi connectivity index (χ2v) is 3.74. The van der Waals surface area contributed by atoms with Gasteiger partial charge in [0.2, 0.25) is 5.91 Å². The van der Waals surface area contributed by atoms with Crippen molar-refractivity contribution in [2.24, 2.45) is 0 Å². The summed E-state index contributed by atoms with van der Waals surface area (Å²) in [4.78, 5) is 21.4. The highest BCUT2D eigenvalue weighted by atomic mass is 16.4. The van der Waals surface area contributed by atoms with Crippen molar-refractivity contribution in [1.82, 2.24) is 5.32 Å². The first-order valence-corrected chi connectivity index (χ1v) is 5.76. The number of aliphatic hydroxyl groups excluding tert-OH is 1. The maximum atomic E-state index is 11.2. The smallest absolute Gasteiger partial charge is 0.303 e. The molecule has 0 bridgehead atoms. The molecule has 5 heteroatoms. The van der Waals surface area contributed by atoms with Crippen LogP contribution in [0.3, 0.4) is 0 Å². The van der Waals surface area contributed by atoms with Gasteiger partial charge in [-0.05, 0) is 19.3 Å². The SMILES string of the molecule is O=C(O)CCCC(=O)NCCCCCCO. The molecule has 0 saturated carbocycles. The van der Waals surface area contributed by atoms with Crippen molar-refractivity contribution >= 4 is 11.9 Å². The molecule has 16 heavy (non-hydrogen) atoms. The quantitative estimate of drug-likeness (QED) is 0.488. The molecule has 0 fully saturated rings. The van der Waals surface area contributed by atoms with E-state index in [4.69, 9.17) is 10.2 Å². The number of nitrogens with one attached hydrogen (secondary N) is 1. The maximum Gasteiger partial charge on any atom is 0.303 e. The van der Waals surface area contributed by atoms with Crippen molar-refractivity contribution in [3.8, 4) is 0 Å². The number of rotatable bonds is 10. The summed E-state index contributed by atoms with van der Waals surface area (Å²) in [6, 6.07) is 0. The Labute approximate surface area is 95.9 Å². The third-order valence-corrected chi connectivity index (χ3v) is 2.20. The molecule has 94 valence electrons. The van der Waals surface area contributed by atoms with E-state index >= 15 is 0 Å². The van der Waals surface area contributed by atoms with Crippen LogP contribution in [0.4, 0.5) is 0 Å². The monoisotopic (exact) mass is 231 g/mol. The topological polar surface area (TPSA) is 86.6 Å². The molecule has 0 spiro atoms. The first kappa shape index (κ1) is 14.9. The molecule has 0 aromatic rings. The van der Waals surface area contributed by atoms with E-state index in [0.29, 0.717) is 13.0 Å². The molecule has 0 aliphatic heterocycles. The molecule has 1 amide bonds. The van der Waals surface area contributed by atoms with Gasteiger partial charge in [-0.1, -0.05) is 12.8 Å². The highest BCUT2D eigenvalue weighted by molar-refractivity contribution is 5.76. The minimum Gasteiger partial charge on any atom is -0.481 e. The molecule has 0 heterocycles. The van der Waals surface area contributed by atoms with E-state index < -0.39 is 5.97 Å². The minimum absolute atomic E-state index is 0.0456. The van der Waals surface area contributed by atoms with Gasteiger partial charge in [-0.3, -0.25) is 9.59 Å². The number of carboxylic acid groups (broad SMARTS) is 1. The van der Waals surface area contributed by atoms with Gasteiger partial charge in [0.15, 0.2) is 0 Å². The summed E-state index contributed by atoms with van der Waals surface area (Å²) in [6.07, 6.45) is 4.41. The fourth-order valence-electron chi connectivity index (χ4n) is 1.31. The van der Waals surface area contributed by atoms with Gasteiger partial charge in [-0.15, -0.1) is 0 Å². The van der Waals surface area contributed by atoms with Crippen LogP contribution in [0, 0.1) is 0 Å². The molecular weight excluding hydrogens is 210 g/mol. The summed E-state index contributed by atoms with van der Waals surface area (Å²) in [7, 11) is 0. The van der Waals surface area contributed by atoms with Crippen LogP contribution in [0.1, 0.15) is 44.9 Å². The average Bonchev–Trinajstić information content (AvgIpc) is 2.22. The zero-order valence-corrected chi connectivity index (χ0v) is 9.57. The van der Waals surface area contributed by atoms with Crippen molar-refractivity contribution in [2.75, 3.05) is 13.2 Å². The summed E-state index contributed by atoms with van der Waals surface area (Å²) in [5, 5.41) is 19.6. The Bertz CT molecular complexity index is 206. The number of carbonyl (C=O) groups is 2. The van der Waals surface area contributed by atoms with Crippen molar-refractivity contribution < 1.29 is 19.8 Å². The highest BCUT2D eigenvalue weighted by Gasteiger charge is 2.02. The normalized spacial score (nSPS) is 10.1. The van der Waals surface area contributed by atoms with Crippen LogP contribution in [0.5, 0.6) is 0 Å². The number of aliphatic hydroxyl groups is 1. The zero-order chi connectivity index (χ0) is 12.2. The number of amides is 1. The molecule has 0 unspecified atom stereocenters. The molecule has 0 radical (unpaired) electrons. The Balaban J connectivity index is 3.20. The lowest BCUT2D eigenvalue weighted by Crippen LogP contribution is -2.24. The van der Waals surface area contributed by atoms with E-state index in [1.807, 2.05) is 0 Å². The summed E-state index contributed by atoms with van der Waals surface area (Å²) in [6.45, 7) is 0.860. The second kappa shape index (κ2) is 10.4. The fraction of sp³-hybridized carbons (Fsp3) is 0.818. The van der Waals surface area contributed by atoms with Gasteiger partial charge in [0.05, 0.1) is 0 Å². The van der Waals surface area contributed by atoms with Gasteiger partial charge in [-0.25, -0.2) is 0 Å². The summed E-state index contributed by atoms with van der Waals surface area (Å²) in [5.41, 5.74) is 0. The Morgan fingerprint density at radius 2 is 1.62 bits per heavy atom. The number of carbonyl (C=O) groups excluding carboxylic acids is 1. The predicted molar refractivity (Wildman–Crippen MR) is 60.1 cm³/mol. The van der Waals surface area contributed by atoms with E-state index in [1.165, 1.54) is 0 Å². The molecule has 0 atom stereocenters. The van der Waals surface area contributed by atoms with Crippen LogP contribution in [-0.4, -0.2) is 35.2 Å². The minimum atomic E-state index is -0.864. The van der Waals surface area contributed by atoms with E-state index in [0.717, 1.165) is 25.7 Å². The number of hydrogen-bond acceptors (Lipinski definition) is 3. The Morgan fingerprint density at radius 1 is 0.938 bits per heavy atom. The van der Waals surface area contributed by atoms with Crippen molar-refractivity contribution in [1.29, 1.82) is 0 Å². The van der Waals surface area contributed by atoms with Gasteiger partial charge in [-0.2, -0.15) is 0 Å². The van der Waals surface area contributed by atoms with Crippen LogP contribution in [-0.2, 0) is 9.59 Å². The number of hydrogen-bond donors (Lipinski definition) is 3. The van der Waals surface area contributed by atoms with Crippen LogP contribution in [0.2, 0.25) is 0 Å².